The van der Waals surface area contributed by atoms with Crippen LogP contribution in [0.15, 0.2) is 30.3 Å². The van der Waals surface area contributed by atoms with Crippen molar-refractivity contribution in [2.45, 2.75) is 0 Å². The minimum Gasteiger partial charge on any atom is -0.493 e. The number of hydrogen-bond donors (Lipinski definition) is 3. The molecule has 4 N–H and O–H groups in total. The Morgan fingerprint density at radius 3 is 2.04 bits per heavy atom. The fourth-order valence-corrected chi connectivity index (χ4v) is 2.30. The molecule has 2 aromatic rings. The van der Waals surface area contributed by atoms with E-state index >= 15 is 0 Å². The van der Waals surface area contributed by atoms with Gasteiger partial charge in [-0.15, -0.1) is 0 Å². The zero-order valence-electron chi connectivity index (χ0n) is 14.0. The SMILES string of the molecule is COc1cc(Nc2cc(C(=O)O)ccc2C(N)=O)cc(OC)c1OC. The summed E-state index contributed by atoms with van der Waals surface area (Å²) < 4.78 is 15.8. The van der Waals surface area contributed by atoms with E-state index in [1.54, 1.807) is 12.1 Å². The number of carbonyl (C=O) groups excluding carboxylic acids is 1. The van der Waals surface area contributed by atoms with E-state index in [1.807, 2.05) is 0 Å². The molecule has 0 aliphatic carbocycles. The number of methoxy groups -OCH3 is 3. The average Bonchev–Trinajstić information content (AvgIpc) is 2.60. The van der Waals surface area contributed by atoms with E-state index in [-0.39, 0.29) is 16.8 Å². The number of benzene rings is 2. The van der Waals surface area contributed by atoms with Gasteiger partial charge in [0.25, 0.3) is 5.91 Å². The molecule has 0 bridgehead atoms. The number of carbonyl (C=O) groups is 2. The number of anilines is 2. The molecule has 25 heavy (non-hydrogen) atoms. The van der Waals surface area contributed by atoms with E-state index < -0.39 is 11.9 Å². The summed E-state index contributed by atoms with van der Waals surface area (Å²) in [5.41, 5.74) is 6.27. The first-order valence-corrected chi connectivity index (χ1v) is 7.15. The first kappa shape index (κ1) is 17.9. The van der Waals surface area contributed by atoms with Crippen LogP contribution in [0.4, 0.5) is 11.4 Å². The molecular formula is C17H18N2O6. The fourth-order valence-electron chi connectivity index (χ4n) is 2.30. The third kappa shape index (κ3) is 3.74. The summed E-state index contributed by atoms with van der Waals surface area (Å²) in [5.74, 6) is -0.598. The van der Waals surface area contributed by atoms with Gasteiger partial charge in [0.05, 0.1) is 38.1 Å². The molecule has 0 aliphatic rings. The van der Waals surface area contributed by atoms with Crippen molar-refractivity contribution >= 4 is 23.3 Å². The topological polar surface area (TPSA) is 120 Å². The number of hydrogen-bond acceptors (Lipinski definition) is 6. The minimum atomic E-state index is -1.12. The van der Waals surface area contributed by atoms with Crippen molar-refractivity contribution in [1.29, 1.82) is 0 Å². The van der Waals surface area contributed by atoms with Gasteiger partial charge >= 0.3 is 5.97 Å². The van der Waals surface area contributed by atoms with Crippen molar-refractivity contribution in [3.8, 4) is 17.2 Å². The highest BCUT2D eigenvalue weighted by molar-refractivity contribution is 6.01. The lowest BCUT2D eigenvalue weighted by molar-refractivity contribution is 0.0696. The monoisotopic (exact) mass is 346 g/mol. The van der Waals surface area contributed by atoms with Crippen molar-refractivity contribution in [1.82, 2.24) is 0 Å². The van der Waals surface area contributed by atoms with Gasteiger partial charge in [0.1, 0.15) is 0 Å². The standard InChI is InChI=1S/C17H18N2O6/c1-23-13-7-10(8-14(24-2)15(13)25-3)19-12-6-9(17(21)22)4-5-11(12)16(18)20/h4-8,19H,1-3H3,(H2,18,20)(H,21,22). The van der Waals surface area contributed by atoms with Crippen LogP contribution in [0.3, 0.4) is 0 Å². The maximum absolute atomic E-state index is 11.6. The Morgan fingerprint density at radius 1 is 1.00 bits per heavy atom. The van der Waals surface area contributed by atoms with Crippen LogP contribution >= 0.6 is 0 Å². The van der Waals surface area contributed by atoms with Gasteiger partial charge in [-0.3, -0.25) is 4.79 Å². The molecule has 0 spiro atoms. The third-order valence-corrected chi connectivity index (χ3v) is 3.48. The quantitative estimate of drug-likeness (QED) is 0.703. The van der Waals surface area contributed by atoms with E-state index in [1.165, 1.54) is 39.5 Å². The summed E-state index contributed by atoms with van der Waals surface area (Å²) in [5, 5.41) is 12.1. The molecule has 0 aliphatic heterocycles. The van der Waals surface area contributed by atoms with Gasteiger partial charge in [0.2, 0.25) is 5.75 Å². The molecule has 0 radical (unpaired) electrons. The van der Waals surface area contributed by atoms with Crippen LogP contribution in [-0.4, -0.2) is 38.3 Å². The predicted octanol–water partition coefficient (Wildman–Crippen LogP) is 2.25. The second-order valence-corrected chi connectivity index (χ2v) is 4.97. The van der Waals surface area contributed by atoms with Gasteiger partial charge in [-0.2, -0.15) is 0 Å². The van der Waals surface area contributed by atoms with Crippen LogP contribution in [0.25, 0.3) is 0 Å². The highest BCUT2D eigenvalue weighted by Gasteiger charge is 2.16. The Morgan fingerprint density at radius 2 is 1.60 bits per heavy atom. The van der Waals surface area contributed by atoms with Gasteiger partial charge in [-0.05, 0) is 18.2 Å². The van der Waals surface area contributed by atoms with Crippen molar-refractivity contribution in [2.24, 2.45) is 5.73 Å². The Labute approximate surface area is 144 Å². The summed E-state index contributed by atoms with van der Waals surface area (Å²) in [4.78, 5) is 22.8. The van der Waals surface area contributed by atoms with Gasteiger partial charge < -0.3 is 30.4 Å². The first-order chi connectivity index (χ1) is 11.9. The smallest absolute Gasteiger partial charge is 0.335 e. The molecular weight excluding hydrogens is 328 g/mol. The van der Waals surface area contributed by atoms with E-state index in [2.05, 4.69) is 5.32 Å². The number of carboxylic acids is 1. The van der Waals surface area contributed by atoms with Crippen LogP contribution < -0.4 is 25.3 Å². The zero-order chi connectivity index (χ0) is 18.6. The van der Waals surface area contributed by atoms with Crippen LogP contribution in [0, 0.1) is 0 Å². The van der Waals surface area contributed by atoms with Gasteiger partial charge in [-0.25, -0.2) is 4.79 Å². The number of primary amides is 1. The highest BCUT2D eigenvalue weighted by atomic mass is 16.5. The number of rotatable bonds is 7. The Balaban J connectivity index is 2.53. The molecule has 0 fully saturated rings. The molecule has 8 heteroatoms. The third-order valence-electron chi connectivity index (χ3n) is 3.48. The number of amides is 1. The minimum absolute atomic E-state index is 0.0138. The number of nitrogens with two attached hydrogens (primary N) is 1. The summed E-state index contributed by atoms with van der Waals surface area (Å²) in [6, 6.07) is 7.24. The molecule has 132 valence electrons. The van der Waals surface area contributed by atoms with E-state index in [0.717, 1.165) is 0 Å². The summed E-state index contributed by atoms with van der Waals surface area (Å²) in [7, 11) is 4.43. The number of ether oxygens (including phenoxy) is 3. The summed E-state index contributed by atoms with van der Waals surface area (Å²) in [6.07, 6.45) is 0. The van der Waals surface area contributed by atoms with Crippen molar-refractivity contribution < 1.29 is 28.9 Å². The second-order valence-electron chi connectivity index (χ2n) is 4.97. The number of carboxylic acid groups (broad SMARTS) is 1. The van der Waals surface area contributed by atoms with Crippen molar-refractivity contribution in [2.75, 3.05) is 26.6 Å². The lowest BCUT2D eigenvalue weighted by atomic mass is 10.1. The Bertz CT molecular complexity index is 794. The normalized spacial score (nSPS) is 10.0. The maximum atomic E-state index is 11.6. The zero-order valence-corrected chi connectivity index (χ0v) is 14.0. The highest BCUT2D eigenvalue weighted by Crippen LogP contribution is 2.40. The lowest BCUT2D eigenvalue weighted by Gasteiger charge is -2.16. The molecule has 1 amide bonds. The largest absolute Gasteiger partial charge is 0.493 e. The second kappa shape index (κ2) is 7.43. The van der Waals surface area contributed by atoms with Crippen LogP contribution in [0.1, 0.15) is 20.7 Å². The summed E-state index contributed by atoms with van der Waals surface area (Å²) in [6.45, 7) is 0. The van der Waals surface area contributed by atoms with Crippen molar-refractivity contribution in [3.63, 3.8) is 0 Å². The van der Waals surface area contributed by atoms with E-state index in [0.29, 0.717) is 22.9 Å². The molecule has 0 saturated carbocycles. The van der Waals surface area contributed by atoms with E-state index in [4.69, 9.17) is 25.1 Å². The predicted molar refractivity (Wildman–Crippen MR) is 91.3 cm³/mol. The number of nitrogens with one attached hydrogen (secondary N) is 1. The molecule has 2 aromatic carbocycles. The van der Waals surface area contributed by atoms with Crippen LogP contribution in [0.2, 0.25) is 0 Å². The first-order valence-electron chi connectivity index (χ1n) is 7.15. The molecule has 0 atom stereocenters. The van der Waals surface area contributed by atoms with Crippen molar-refractivity contribution in [3.05, 3.63) is 41.5 Å². The van der Waals surface area contributed by atoms with Crippen LogP contribution in [-0.2, 0) is 0 Å². The maximum Gasteiger partial charge on any atom is 0.335 e. The van der Waals surface area contributed by atoms with Crippen LogP contribution in [0.5, 0.6) is 17.2 Å². The Kier molecular flexibility index (Phi) is 5.33. The molecule has 2 rings (SSSR count). The average molecular weight is 346 g/mol. The molecule has 0 aromatic heterocycles. The summed E-state index contributed by atoms with van der Waals surface area (Å²) >= 11 is 0. The molecule has 0 unspecified atom stereocenters. The molecule has 0 saturated heterocycles. The number of aromatic carboxylic acids is 1. The Hall–Kier alpha value is -3.42. The van der Waals surface area contributed by atoms with E-state index in [9.17, 15) is 9.59 Å². The fraction of sp³-hybridized carbons (Fsp3) is 0.176. The van der Waals surface area contributed by atoms with Gasteiger partial charge in [0.15, 0.2) is 11.5 Å². The lowest BCUT2D eigenvalue weighted by Crippen LogP contribution is -2.14. The molecule has 0 heterocycles. The molecule has 8 nitrogen and oxygen atoms in total. The van der Waals surface area contributed by atoms with Gasteiger partial charge in [0, 0.05) is 17.8 Å². The van der Waals surface area contributed by atoms with Gasteiger partial charge in [-0.1, -0.05) is 0 Å².